The normalized spacial score (nSPS) is 19.6. The van der Waals surface area contributed by atoms with E-state index in [0.717, 1.165) is 12.1 Å². The fraction of sp³-hybridized carbons (Fsp3) is 0.462. The van der Waals surface area contributed by atoms with Crippen LogP contribution in [0.3, 0.4) is 0 Å². The molecule has 0 amide bonds. The molecule has 0 aliphatic carbocycles. The van der Waals surface area contributed by atoms with Crippen LogP contribution in [0.25, 0.3) is 11.1 Å². The first kappa shape index (κ1) is 15.3. The Bertz CT molecular complexity index is 784. The van der Waals surface area contributed by atoms with Gasteiger partial charge < -0.3 is 4.42 Å². The summed E-state index contributed by atoms with van der Waals surface area (Å²) < 4.78 is 66.1. The molecule has 0 radical (unpaired) electrons. The molecular formula is C13H13F3N2O3S. The van der Waals surface area contributed by atoms with Crippen molar-refractivity contribution in [3.8, 4) is 0 Å². The minimum Gasteiger partial charge on any atom is -0.439 e. The van der Waals surface area contributed by atoms with Crippen molar-refractivity contribution >= 4 is 20.9 Å². The summed E-state index contributed by atoms with van der Waals surface area (Å²) in [7, 11) is -2.97. The third kappa shape index (κ3) is 3.25. The van der Waals surface area contributed by atoms with Crippen LogP contribution in [-0.4, -0.2) is 42.9 Å². The molecule has 1 fully saturated rings. The lowest BCUT2D eigenvalue weighted by Gasteiger charge is -2.24. The van der Waals surface area contributed by atoms with Gasteiger partial charge in [-0.1, -0.05) is 0 Å². The quantitative estimate of drug-likeness (QED) is 0.841. The molecule has 1 saturated heterocycles. The third-order valence-electron chi connectivity index (χ3n) is 3.56. The molecule has 0 spiro atoms. The van der Waals surface area contributed by atoms with Crippen molar-refractivity contribution in [1.82, 2.24) is 9.88 Å². The summed E-state index contributed by atoms with van der Waals surface area (Å²) in [4.78, 5) is 5.92. The number of benzene rings is 1. The van der Waals surface area contributed by atoms with Gasteiger partial charge in [-0.15, -0.1) is 0 Å². The highest BCUT2D eigenvalue weighted by Crippen LogP contribution is 2.31. The van der Waals surface area contributed by atoms with Gasteiger partial charge >= 0.3 is 6.18 Å². The summed E-state index contributed by atoms with van der Waals surface area (Å²) in [5.41, 5.74) is -0.342. The van der Waals surface area contributed by atoms with E-state index in [9.17, 15) is 21.6 Å². The second kappa shape index (κ2) is 5.24. The van der Waals surface area contributed by atoms with Gasteiger partial charge in [0.2, 0.25) is 5.89 Å². The van der Waals surface area contributed by atoms with Crippen LogP contribution in [0.5, 0.6) is 0 Å². The van der Waals surface area contributed by atoms with Gasteiger partial charge in [0.05, 0.1) is 23.6 Å². The third-order valence-corrected chi connectivity index (χ3v) is 5.16. The topological polar surface area (TPSA) is 63.4 Å². The van der Waals surface area contributed by atoms with E-state index < -0.39 is 21.6 Å². The monoisotopic (exact) mass is 334 g/mol. The van der Waals surface area contributed by atoms with Crippen LogP contribution in [0.2, 0.25) is 0 Å². The van der Waals surface area contributed by atoms with Crippen molar-refractivity contribution in [2.75, 3.05) is 24.6 Å². The predicted octanol–water partition coefficient (Wildman–Crippen LogP) is 2.08. The average molecular weight is 334 g/mol. The lowest BCUT2D eigenvalue weighted by atomic mass is 10.2. The first-order valence-corrected chi connectivity index (χ1v) is 8.44. The molecule has 2 aromatic rings. The van der Waals surface area contributed by atoms with Crippen molar-refractivity contribution in [1.29, 1.82) is 0 Å². The first-order valence-electron chi connectivity index (χ1n) is 6.62. The minimum atomic E-state index is -4.42. The van der Waals surface area contributed by atoms with Gasteiger partial charge in [0.1, 0.15) is 5.52 Å². The van der Waals surface area contributed by atoms with Gasteiger partial charge in [0, 0.05) is 13.1 Å². The number of halogens is 3. The highest BCUT2D eigenvalue weighted by molar-refractivity contribution is 7.91. The molecule has 0 unspecified atom stereocenters. The predicted molar refractivity (Wildman–Crippen MR) is 72.9 cm³/mol. The maximum atomic E-state index is 12.6. The Morgan fingerprint density at radius 1 is 1.23 bits per heavy atom. The van der Waals surface area contributed by atoms with E-state index in [4.69, 9.17) is 4.42 Å². The van der Waals surface area contributed by atoms with Crippen molar-refractivity contribution in [2.24, 2.45) is 0 Å². The molecule has 1 aromatic heterocycles. The number of sulfone groups is 1. The van der Waals surface area contributed by atoms with Gasteiger partial charge in [-0.2, -0.15) is 13.2 Å². The zero-order chi connectivity index (χ0) is 16.0. The summed E-state index contributed by atoms with van der Waals surface area (Å²) in [5.74, 6) is 0.435. The number of fused-ring (bicyclic) bond motifs is 1. The first-order chi connectivity index (χ1) is 10.2. The van der Waals surface area contributed by atoms with Gasteiger partial charge in [0.15, 0.2) is 15.4 Å². The molecule has 2 heterocycles. The molecule has 1 aromatic carbocycles. The van der Waals surface area contributed by atoms with Crippen LogP contribution in [0.4, 0.5) is 13.2 Å². The molecule has 0 bridgehead atoms. The number of oxazole rings is 1. The molecule has 0 N–H and O–H groups in total. The van der Waals surface area contributed by atoms with Crippen LogP contribution in [0, 0.1) is 0 Å². The van der Waals surface area contributed by atoms with E-state index in [-0.39, 0.29) is 35.0 Å². The Balaban J connectivity index is 1.78. The highest BCUT2D eigenvalue weighted by atomic mass is 32.2. The zero-order valence-electron chi connectivity index (χ0n) is 11.4. The van der Waals surface area contributed by atoms with Crippen molar-refractivity contribution in [3.63, 3.8) is 0 Å². The molecule has 0 atom stereocenters. The van der Waals surface area contributed by atoms with E-state index in [1.165, 1.54) is 6.07 Å². The fourth-order valence-corrected chi connectivity index (χ4v) is 3.60. The van der Waals surface area contributed by atoms with Crippen LogP contribution < -0.4 is 0 Å². The average Bonchev–Trinajstić information content (AvgIpc) is 2.81. The smallest absolute Gasteiger partial charge is 0.416 e. The molecule has 0 saturated carbocycles. The van der Waals surface area contributed by atoms with Crippen molar-refractivity contribution < 1.29 is 26.0 Å². The summed E-state index contributed by atoms with van der Waals surface area (Å²) in [6.45, 7) is 1.02. The van der Waals surface area contributed by atoms with Gasteiger partial charge in [-0.3, -0.25) is 4.90 Å². The molecular weight excluding hydrogens is 321 g/mol. The SMILES string of the molecule is O=S1(=O)CCN(Cc2nc3cc(C(F)(F)F)ccc3o2)CC1. The number of nitrogens with zero attached hydrogens (tertiary/aromatic N) is 2. The van der Waals surface area contributed by atoms with Gasteiger partial charge in [-0.05, 0) is 18.2 Å². The number of hydrogen-bond acceptors (Lipinski definition) is 5. The summed E-state index contributed by atoms with van der Waals surface area (Å²) >= 11 is 0. The number of aromatic nitrogens is 1. The fourth-order valence-electron chi connectivity index (χ4n) is 2.32. The second-order valence-electron chi connectivity index (χ2n) is 5.22. The summed E-state index contributed by atoms with van der Waals surface area (Å²) in [6.07, 6.45) is -4.42. The molecule has 5 nitrogen and oxygen atoms in total. The molecule has 3 rings (SSSR count). The molecule has 22 heavy (non-hydrogen) atoms. The Kier molecular flexibility index (Phi) is 3.64. The van der Waals surface area contributed by atoms with Crippen molar-refractivity contribution in [3.05, 3.63) is 29.7 Å². The van der Waals surface area contributed by atoms with E-state index >= 15 is 0 Å². The molecule has 9 heteroatoms. The summed E-state index contributed by atoms with van der Waals surface area (Å²) in [6, 6.07) is 3.14. The van der Waals surface area contributed by atoms with E-state index in [0.29, 0.717) is 13.1 Å². The second-order valence-corrected chi connectivity index (χ2v) is 7.52. The largest absolute Gasteiger partial charge is 0.439 e. The number of alkyl halides is 3. The van der Waals surface area contributed by atoms with Crippen LogP contribution >= 0.6 is 0 Å². The van der Waals surface area contributed by atoms with Crippen LogP contribution in [0.1, 0.15) is 11.5 Å². The van der Waals surface area contributed by atoms with E-state index in [1.54, 1.807) is 0 Å². The number of rotatable bonds is 2. The summed E-state index contributed by atoms with van der Waals surface area (Å²) in [5, 5.41) is 0. The minimum absolute atomic E-state index is 0.0749. The van der Waals surface area contributed by atoms with Crippen LogP contribution in [-0.2, 0) is 22.6 Å². The number of hydrogen-bond donors (Lipinski definition) is 0. The lowest BCUT2D eigenvalue weighted by molar-refractivity contribution is -0.137. The Hall–Kier alpha value is -1.61. The van der Waals surface area contributed by atoms with Gasteiger partial charge in [0.25, 0.3) is 0 Å². The molecule has 1 aliphatic heterocycles. The zero-order valence-corrected chi connectivity index (χ0v) is 12.2. The Morgan fingerprint density at radius 2 is 1.91 bits per heavy atom. The Labute approximate surface area is 124 Å². The van der Waals surface area contributed by atoms with E-state index in [1.807, 2.05) is 4.90 Å². The van der Waals surface area contributed by atoms with E-state index in [2.05, 4.69) is 4.98 Å². The van der Waals surface area contributed by atoms with Gasteiger partial charge in [-0.25, -0.2) is 13.4 Å². The maximum Gasteiger partial charge on any atom is 0.416 e. The maximum absolute atomic E-state index is 12.6. The van der Waals surface area contributed by atoms with Crippen molar-refractivity contribution in [2.45, 2.75) is 12.7 Å². The standard InChI is InChI=1S/C13H13F3N2O3S/c14-13(15,16)9-1-2-11-10(7-9)17-12(21-11)8-18-3-5-22(19,20)6-4-18/h1-2,7H,3-6,8H2. The molecule has 120 valence electrons. The Morgan fingerprint density at radius 3 is 2.55 bits per heavy atom. The highest BCUT2D eigenvalue weighted by Gasteiger charge is 2.31. The lowest BCUT2D eigenvalue weighted by Crippen LogP contribution is -2.39. The molecule has 1 aliphatic rings. The van der Waals surface area contributed by atoms with Crippen LogP contribution in [0.15, 0.2) is 22.6 Å².